The lowest BCUT2D eigenvalue weighted by Gasteiger charge is -2.20. The summed E-state index contributed by atoms with van der Waals surface area (Å²) in [7, 11) is 2.89. The van der Waals surface area contributed by atoms with Crippen LogP contribution in [0.4, 0.5) is 11.6 Å². The zero-order chi connectivity index (χ0) is 30.5. The second-order valence-corrected chi connectivity index (χ2v) is 10.9. The normalized spacial score (nSPS) is 13.6. The number of anilines is 2. The van der Waals surface area contributed by atoms with E-state index in [-0.39, 0.29) is 44.9 Å². The molecule has 1 fully saturated rings. The molecule has 3 heterocycles. The highest BCUT2D eigenvalue weighted by Gasteiger charge is 2.28. The molecule has 0 radical (unpaired) electrons. The minimum atomic E-state index is -0.285. The molecule has 4 aromatic rings. The minimum Gasteiger partial charge on any atom is -0.493 e. The molecule has 5 rings (SSSR count). The van der Waals surface area contributed by atoms with E-state index >= 15 is 0 Å². The Morgan fingerprint density at radius 2 is 1.63 bits per heavy atom. The molecule has 43 heavy (non-hydrogen) atoms. The summed E-state index contributed by atoms with van der Waals surface area (Å²) < 4.78 is 18.7. The van der Waals surface area contributed by atoms with Crippen LogP contribution in [0.5, 0.6) is 17.2 Å². The number of hydrogen-bond acceptors (Lipinski definition) is 10. The van der Waals surface area contributed by atoms with Crippen molar-refractivity contribution < 1.29 is 14.2 Å². The Kier molecular flexibility index (Phi) is 9.84. The maximum absolute atomic E-state index is 14.2. The number of fused-ring (bicyclic) bond motifs is 1. The van der Waals surface area contributed by atoms with Crippen molar-refractivity contribution >= 4 is 46.0 Å². The van der Waals surface area contributed by atoms with Gasteiger partial charge in [0, 0.05) is 18.3 Å². The van der Waals surface area contributed by atoms with Crippen molar-refractivity contribution in [1.82, 2.24) is 29.6 Å². The smallest absolute Gasteiger partial charge is 0.260 e. The fourth-order valence-corrected chi connectivity index (χ4v) is 6.02. The van der Waals surface area contributed by atoms with Crippen molar-refractivity contribution in [3.63, 3.8) is 0 Å². The van der Waals surface area contributed by atoms with Crippen LogP contribution < -0.4 is 25.1 Å². The Bertz CT molecular complexity index is 1610. The van der Waals surface area contributed by atoms with Gasteiger partial charge in [-0.25, -0.2) is 4.98 Å². The van der Waals surface area contributed by atoms with Crippen molar-refractivity contribution in [3.05, 3.63) is 51.0 Å². The van der Waals surface area contributed by atoms with E-state index < -0.39 is 0 Å². The standard InChI is InChI=1S/C30H35Cl2N7O4/c1-5-38(6-2)15-16-43-20-13-11-18(12-14-20)33-30-35-28-22(36-37-30)17-21(29(40)39(28)19-9-7-8-10-19)23-24(41-3)26(31)34-27(32)25(23)42-4/h11-14,17,19H,5-10,15-16H2,1-4H3,(H,33,35,37). The van der Waals surface area contributed by atoms with E-state index in [0.717, 1.165) is 56.8 Å². The van der Waals surface area contributed by atoms with Gasteiger partial charge in [0.05, 0.1) is 25.3 Å². The van der Waals surface area contributed by atoms with E-state index in [0.29, 0.717) is 23.3 Å². The molecule has 1 aliphatic carbocycles. The molecule has 0 unspecified atom stereocenters. The third-order valence-electron chi connectivity index (χ3n) is 7.73. The molecular weight excluding hydrogens is 593 g/mol. The van der Waals surface area contributed by atoms with E-state index in [1.165, 1.54) is 14.2 Å². The number of pyridine rings is 2. The minimum absolute atomic E-state index is 0.0132. The van der Waals surface area contributed by atoms with Crippen LogP contribution in [0.15, 0.2) is 35.1 Å². The number of nitrogens with zero attached hydrogens (tertiary/aromatic N) is 6. The number of likely N-dealkylation sites (N-methyl/N-ethyl adjacent to an activating group) is 1. The van der Waals surface area contributed by atoms with Gasteiger partial charge in [-0.1, -0.05) is 49.9 Å². The zero-order valence-corrected chi connectivity index (χ0v) is 26.2. The number of hydrogen-bond donors (Lipinski definition) is 1. The van der Waals surface area contributed by atoms with Crippen LogP contribution in [0, 0.1) is 0 Å². The van der Waals surface area contributed by atoms with Gasteiger partial charge >= 0.3 is 0 Å². The van der Waals surface area contributed by atoms with Gasteiger partial charge in [-0.05, 0) is 56.3 Å². The molecule has 0 atom stereocenters. The fraction of sp³-hybridized carbons (Fsp3) is 0.433. The summed E-state index contributed by atoms with van der Waals surface area (Å²) >= 11 is 12.7. The van der Waals surface area contributed by atoms with E-state index in [9.17, 15) is 4.79 Å². The van der Waals surface area contributed by atoms with Gasteiger partial charge in [0.2, 0.25) is 5.95 Å². The van der Waals surface area contributed by atoms with Gasteiger partial charge in [0.1, 0.15) is 17.9 Å². The highest BCUT2D eigenvalue weighted by atomic mass is 35.5. The van der Waals surface area contributed by atoms with Crippen molar-refractivity contribution in [3.8, 4) is 28.4 Å². The maximum Gasteiger partial charge on any atom is 0.260 e. The van der Waals surface area contributed by atoms with Gasteiger partial charge in [-0.15, -0.1) is 10.2 Å². The van der Waals surface area contributed by atoms with Crippen LogP contribution in [0.1, 0.15) is 45.6 Å². The second-order valence-electron chi connectivity index (χ2n) is 10.2. The van der Waals surface area contributed by atoms with E-state index in [4.69, 9.17) is 42.4 Å². The predicted octanol–water partition coefficient (Wildman–Crippen LogP) is 6.15. The summed E-state index contributed by atoms with van der Waals surface area (Å²) in [5.74, 6) is 1.40. The SMILES string of the molecule is CCN(CC)CCOc1ccc(Nc2nnc3cc(-c4c(OC)c(Cl)nc(Cl)c4OC)c(=O)n(C4CCCC4)c3n2)cc1. The van der Waals surface area contributed by atoms with Gasteiger partial charge in [-0.3, -0.25) is 9.36 Å². The van der Waals surface area contributed by atoms with Crippen molar-refractivity contribution in [1.29, 1.82) is 0 Å². The Labute approximate surface area is 260 Å². The number of aromatic nitrogens is 5. The molecule has 3 aromatic heterocycles. The average Bonchev–Trinajstić information content (AvgIpc) is 3.54. The van der Waals surface area contributed by atoms with Crippen LogP contribution >= 0.6 is 23.2 Å². The number of methoxy groups -OCH3 is 2. The summed E-state index contributed by atoms with van der Waals surface area (Å²) in [5, 5.41) is 12.0. The van der Waals surface area contributed by atoms with Gasteiger partial charge in [0.15, 0.2) is 27.5 Å². The van der Waals surface area contributed by atoms with Crippen molar-refractivity contribution in [2.75, 3.05) is 45.8 Å². The lowest BCUT2D eigenvalue weighted by Crippen LogP contribution is -2.27. The first kappa shape index (κ1) is 30.8. The Morgan fingerprint density at radius 1 is 0.977 bits per heavy atom. The van der Waals surface area contributed by atoms with E-state index in [1.807, 2.05) is 24.3 Å². The number of rotatable bonds is 12. The largest absolute Gasteiger partial charge is 0.493 e. The highest BCUT2D eigenvalue weighted by Crippen LogP contribution is 2.45. The van der Waals surface area contributed by atoms with Gasteiger partial charge < -0.3 is 24.4 Å². The first-order valence-electron chi connectivity index (χ1n) is 14.4. The van der Waals surface area contributed by atoms with Crippen molar-refractivity contribution in [2.24, 2.45) is 0 Å². The molecule has 0 spiro atoms. The van der Waals surface area contributed by atoms with E-state index in [2.05, 4.69) is 39.2 Å². The maximum atomic E-state index is 14.2. The first-order valence-corrected chi connectivity index (χ1v) is 15.1. The van der Waals surface area contributed by atoms with Gasteiger partial charge in [0.25, 0.3) is 5.56 Å². The van der Waals surface area contributed by atoms with Crippen LogP contribution in [-0.4, -0.2) is 70.1 Å². The molecule has 11 nitrogen and oxygen atoms in total. The molecule has 1 N–H and O–H groups in total. The summed E-state index contributed by atoms with van der Waals surface area (Å²) in [4.78, 5) is 25.4. The number of nitrogens with one attached hydrogen (secondary N) is 1. The average molecular weight is 629 g/mol. The molecule has 228 valence electrons. The molecule has 13 heteroatoms. The Hall–Kier alpha value is -3.67. The summed E-state index contributed by atoms with van der Waals surface area (Å²) in [5.41, 5.74) is 1.90. The van der Waals surface area contributed by atoms with Crippen LogP contribution in [0.25, 0.3) is 22.3 Å². The van der Waals surface area contributed by atoms with Crippen LogP contribution in [-0.2, 0) is 0 Å². The monoisotopic (exact) mass is 627 g/mol. The second kappa shape index (κ2) is 13.7. The lowest BCUT2D eigenvalue weighted by atomic mass is 10.1. The van der Waals surface area contributed by atoms with Crippen LogP contribution in [0.2, 0.25) is 10.3 Å². The molecule has 1 aliphatic rings. The number of benzene rings is 1. The molecule has 0 aliphatic heterocycles. The van der Waals surface area contributed by atoms with E-state index in [1.54, 1.807) is 10.6 Å². The van der Waals surface area contributed by atoms with Crippen LogP contribution in [0.3, 0.4) is 0 Å². The topological polar surface area (TPSA) is 117 Å². The lowest BCUT2D eigenvalue weighted by molar-refractivity contribution is 0.223. The summed E-state index contributed by atoms with van der Waals surface area (Å²) in [6, 6.07) is 9.13. The molecule has 0 bridgehead atoms. The predicted molar refractivity (Wildman–Crippen MR) is 168 cm³/mol. The first-order chi connectivity index (χ1) is 20.9. The molecular formula is C30H35Cl2N7O4. The summed E-state index contributed by atoms with van der Waals surface area (Å²) in [6.07, 6.45) is 3.70. The fourth-order valence-electron chi connectivity index (χ4n) is 5.46. The number of ether oxygens (including phenoxy) is 3. The van der Waals surface area contributed by atoms with Crippen molar-refractivity contribution in [2.45, 2.75) is 45.6 Å². The Morgan fingerprint density at radius 3 is 2.23 bits per heavy atom. The quantitative estimate of drug-likeness (QED) is 0.183. The summed E-state index contributed by atoms with van der Waals surface area (Å²) in [6.45, 7) is 7.75. The van der Waals surface area contributed by atoms with Gasteiger partial charge in [-0.2, -0.15) is 4.98 Å². The molecule has 1 aromatic carbocycles. The number of halogens is 2. The Balaban J connectivity index is 1.51. The zero-order valence-electron chi connectivity index (χ0n) is 24.7. The molecule has 1 saturated carbocycles. The third-order valence-corrected chi connectivity index (χ3v) is 8.24. The molecule has 0 saturated heterocycles. The highest BCUT2D eigenvalue weighted by molar-refractivity contribution is 6.35. The third kappa shape index (κ3) is 6.48. The molecule has 0 amide bonds.